The molecule has 1 N–H and O–H groups in total. The highest BCUT2D eigenvalue weighted by Gasteiger charge is 2.29. The van der Waals surface area contributed by atoms with E-state index in [-0.39, 0.29) is 46.2 Å². The van der Waals surface area contributed by atoms with Crippen molar-refractivity contribution in [2.75, 3.05) is 20.1 Å². The van der Waals surface area contributed by atoms with Crippen LogP contribution in [0.4, 0.5) is 13.2 Å². The fourth-order valence-electron chi connectivity index (χ4n) is 9.72. The maximum absolute atomic E-state index is 16.0. The average molecular weight is 968 g/mol. The third-order valence-electron chi connectivity index (χ3n) is 13.2. The summed E-state index contributed by atoms with van der Waals surface area (Å²) in [5.74, 6) is -2.19. The van der Waals surface area contributed by atoms with Crippen LogP contribution in [-0.2, 0) is 11.3 Å². The Morgan fingerprint density at radius 1 is 0.768 bits per heavy atom. The number of likely N-dealkylation sites (tertiary alicyclic amines) is 1. The predicted octanol–water partition coefficient (Wildman–Crippen LogP) is 8.41. The van der Waals surface area contributed by atoms with Gasteiger partial charge in [0, 0.05) is 62.6 Å². The monoisotopic (exact) mass is 967 g/mol. The first-order chi connectivity index (χ1) is 33.3. The van der Waals surface area contributed by atoms with E-state index in [1.165, 1.54) is 19.2 Å². The van der Waals surface area contributed by atoms with Gasteiger partial charge in [-0.2, -0.15) is 30.2 Å². The molecule has 20 heteroatoms. The Hall–Kier alpha value is -7.00. The maximum atomic E-state index is 16.0. The number of aromatic nitrogens is 10. The van der Waals surface area contributed by atoms with Gasteiger partial charge >= 0.3 is 0 Å². The summed E-state index contributed by atoms with van der Waals surface area (Å²) in [6.07, 6.45) is 15.8. The lowest BCUT2D eigenvalue weighted by Gasteiger charge is -2.29. The van der Waals surface area contributed by atoms with Crippen molar-refractivity contribution >= 4 is 40.5 Å². The van der Waals surface area contributed by atoms with Crippen LogP contribution in [0.1, 0.15) is 85.7 Å². The van der Waals surface area contributed by atoms with Crippen LogP contribution in [0, 0.1) is 54.1 Å². The molecule has 15 nitrogen and oxygen atoms in total. The van der Waals surface area contributed by atoms with Gasteiger partial charge in [0.05, 0.1) is 48.0 Å². The molecule has 9 heterocycles. The van der Waals surface area contributed by atoms with Gasteiger partial charge in [-0.15, -0.1) is 9.20 Å². The molecule has 0 unspecified atom stereocenters. The molecule has 1 saturated heterocycles. The molecule has 0 radical (unpaired) electrons. The van der Waals surface area contributed by atoms with Gasteiger partial charge in [0.15, 0.2) is 11.6 Å². The van der Waals surface area contributed by atoms with E-state index in [2.05, 4.69) is 44.2 Å². The molecular formula is C49H46F3N14OS2+. The lowest BCUT2D eigenvalue weighted by Crippen LogP contribution is -2.40. The predicted molar refractivity (Wildman–Crippen MR) is 251 cm³/mol. The molecule has 1 aliphatic heterocycles. The Bertz CT molecular complexity index is 3380. The molecular weight excluding hydrogens is 922 g/mol. The Labute approximate surface area is 403 Å². The average Bonchev–Trinajstić information content (AvgIpc) is 4.13. The fraction of sp³-hybridized carbons (Fsp3) is 0.327. The summed E-state index contributed by atoms with van der Waals surface area (Å²) < 4.78 is 55.0. The minimum Gasteiger partial charge on any atom is -0.354 e. The van der Waals surface area contributed by atoms with Crippen LogP contribution in [0.5, 0.6) is 0 Å². The summed E-state index contributed by atoms with van der Waals surface area (Å²) in [6, 6.07) is 13.6. The molecule has 2 aliphatic rings. The van der Waals surface area contributed by atoms with E-state index in [1.807, 2.05) is 49.3 Å². The van der Waals surface area contributed by atoms with E-state index in [9.17, 15) is 19.7 Å². The number of carbonyl (C=O) groups excluding carboxylic acids is 1. The van der Waals surface area contributed by atoms with Crippen molar-refractivity contribution in [1.29, 1.82) is 10.5 Å². The highest BCUT2D eigenvalue weighted by atomic mass is 32.2. The van der Waals surface area contributed by atoms with E-state index in [0.29, 0.717) is 37.6 Å². The number of rotatable bonds is 11. The molecule has 69 heavy (non-hydrogen) atoms. The summed E-state index contributed by atoms with van der Waals surface area (Å²) in [7, 11) is 2.12. The number of carbonyl (C=O) groups is 1. The zero-order chi connectivity index (χ0) is 48.1. The molecule has 0 aromatic carbocycles. The van der Waals surface area contributed by atoms with Gasteiger partial charge in [0.25, 0.3) is 0 Å². The van der Waals surface area contributed by atoms with Crippen LogP contribution in [0.3, 0.4) is 0 Å². The number of hydrogen-bond donors (Lipinski definition) is 1. The first-order valence-corrected chi connectivity index (χ1v) is 24.3. The first kappa shape index (κ1) is 45.8. The van der Waals surface area contributed by atoms with E-state index < -0.39 is 17.6 Å². The topological polar surface area (TPSA) is 167 Å². The van der Waals surface area contributed by atoms with Crippen molar-refractivity contribution < 1.29 is 22.6 Å². The number of fused-ring (bicyclic) bond motifs is 2. The van der Waals surface area contributed by atoms with Crippen molar-refractivity contribution in [3.05, 3.63) is 119 Å². The molecule has 350 valence electrons. The minimum absolute atomic E-state index is 0.0458. The summed E-state index contributed by atoms with van der Waals surface area (Å²) >= 11 is 1.99. The molecule has 10 rings (SSSR count). The molecule has 2 fully saturated rings. The molecule has 0 bridgehead atoms. The summed E-state index contributed by atoms with van der Waals surface area (Å²) in [6.45, 7) is 7.61. The molecule has 1 saturated carbocycles. The van der Waals surface area contributed by atoms with Crippen molar-refractivity contribution in [3.8, 4) is 34.4 Å². The van der Waals surface area contributed by atoms with Gasteiger partial charge in [0.2, 0.25) is 24.6 Å². The molecule has 0 spiro atoms. The van der Waals surface area contributed by atoms with Gasteiger partial charge in [-0.1, -0.05) is 23.5 Å². The van der Waals surface area contributed by atoms with Gasteiger partial charge in [-0.25, -0.2) is 23.3 Å². The minimum atomic E-state index is -0.850. The third-order valence-corrected chi connectivity index (χ3v) is 15.2. The van der Waals surface area contributed by atoms with Crippen LogP contribution in [0.25, 0.3) is 33.3 Å². The van der Waals surface area contributed by atoms with Crippen molar-refractivity contribution in [2.24, 2.45) is 0 Å². The number of hydrogen-bond acceptors (Lipinski definition) is 11. The summed E-state index contributed by atoms with van der Waals surface area (Å²) in [5, 5.41) is 37.6. The van der Waals surface area contributed by atoms with Crippen LogP contribution >= 0.6 is 23.5 Å². The number of amides is 1. The second-order valence-corrected chi connectivity index (χ2v) is 19.8. The highest BCUT2D eigenvalue weighted by molar-refractivity contribution is 7.99. The second-order valence-electron chi connectivity index (χ2n) is 17.7. The van der Waals surface area contributed by atoms with Crippen LogP contribution in [-0.4, -0.2) is 80.6 Å². The van der Waals surface area contributed by atoms with E-state index in [1.54, 1.807) is 32.2 Å². The van der Waals surface area contributed by atoms with E-state index >= 15 is 8.78 Å². The van der Waals surface area contributed by atoms with Crippen molar-refractivity contribution in [1.82, 2.24) is 53.9 Å². The lowest BCUT2D eigenvalue weighted by atomic mass is 9.91. The highest BCUT2D eigenvalue weighted by Crippen LogP contribution is 2.40. The Morgan fingerprint density at radius 3 is 2.00 bits per heavy atom. The lowest BCUT2D eigenvalue weighted by molar-refractivity contribution is -0.753. The zero-order valence-electron chi connectivity index (χ0n) is 38.2. The maximum Gasteiger partial charge on any atom is 0.217 e. The largest absolute Gasteiger partial charge is 0.354 e. The molecule has 1 aliphatic carbocycles. The normalized spacial score (nSPS) is 16.8. The Kier molecular flexibility index (Phi) is 12.5. The van der Waals surface area contributed by atoms with Crippen LogP contribution in [0.15, 0.2) is 93.4 Å². The number of nitrogens with zero attached hydrogens (tertiary/aromatic N) is 13. The zero-order valence-corrected chi connectivity index (χ0v) is 39.8. The standard InChI is InChI=1S/C49H45F3N14OS2/c1-28-39(22-57-66(28)38-13-15-61(4)16-14-38)31-17-43(46-33(19-53)21-55-63(46)25-31)68-48-41(50)10-7-36(59-48)27-62-24-34(20-54)47-44(69-49-42(51)11-12-45(52)60-49)18-32(26-64(47)62)40-23-56-65(29(40)2)37-8-5-35(6-9-37)58-30(3)67/h7,10-12,17-18,21-26,35,37-38H,5-6,8-9,13-16,27H2,1-4H3/p+1. The number of piperidine rings is 1. The number of pyridine rings is 4. The van der Waals surface area contributed by atoms with Crippen molar-refractivity contribution in [3.63, 3.8) is 0 Å². The smallest absolute Gasteiger partial charge is 0.217 e. The van der Waals surface area contributed by atoms with Gasteiger partial charge in [0.1, 0.15) is 39.0 Å². The number of nitriles is 2. The SMILES string of the molecule is CC(=O)NC1CCC(n2ncc(-c3cc(Sc4nc(F)ccc4F)c4c(C#N)c[n+](Cc5ccc(F)c(Sc6cc(-c7cnn(C8CCN(C)CC8)c7C)cn7ncc(C#N)c67)n5)n4c3)c2C)CC1. The van der Waals surface area contributed by atoms with E-state index in [0.717, 1.165) is 115 Å². The fourth-order valence-corrected chi connectivity index (χ4v) is 11.7. The molecule has 1 amide bonds. The van der Waals surface area contributed by atoms with Crippen molar-refractivity contribution in [2.45, 2.75) is 104 Å². The number of halogens is 3. The summed E-state index contributed by atoms with van der Waals surface area (Å²) in [5.41, 5.74) is 7.06. The van der Waals surface area contributed by atoms with Crippen LogP contribution in [0.2, 0.25) is 0 Å². The van der Waals surface area contributed by atoms with Gasteiger partial charge < -0.3 is 10.2 Å². The van der Waals surface area contributed by atoms with Gasteiger partial charge in [-0.3, -0.25) is 14.2 Å². The first-order valence-electron chi connectivity index (χ1n) is 22.6. The second kappa shape index (κ2) is 18.8. The number of nitrogens with one attached hydrogen (secondary N) is 1. The quantitative estimate of drug-likeness (QED) is 0.0977. The molecule has 0 atom stereocenters. The van der Waals surface area contributed by atoms with Crippen LogP contribution < -0.4 is 10.00 Å². The summed E-state index contributed by atoms with van der Waals surface area (Å²) in [4.78, 5) is 23.7. The Morgan fingerprint density at radius 2 is 1.36 bits per heavy atom. The molecule has 8 aromatic heterocycles. The molecule has 8 aromatic rings. The Balaban J connectivity index is 1.01. The third kappa shape index (κ3) is 8.95. The van der Waals surface area contributed by atoms with E-state index in [4.69, 9.17) is 15.2 Å². The van der Waals surface area contributed by atoms with Gasteiger partial charge in [-0.05, 0) is 109 Å².